The first kappa shape index (κ1) is 16.0. The molecule has 4 nitrogen and oxygen atoms in total. The van der Waals surface area contributed by atoms with Crippen LogP contribution in [0.5, 0.6) is 0 Å². The number of aromatic nitrogens is 2. The van der Waals surface area contributed by atoms with E-state index in [4.69, 9.17) is 0 Å². The number of likely N-dealkylation sites (N-methyl/N-ethyl adjacent to an activating group) is 1. The molecule has 0 N–H and O–H groups in total. The molecule has 124 valence electrons. The topological polar surface area (TPSA) is 38.1 Å². The quantitative estimate of drug-likeness (QED) is 0.738. The molecule has 0 saturated carbocycles. The maximum atomic E-state index is 14.0. The van der Waals surface area contributed by atoms with Gasteiger partial charge in [-0.2, -0.15) is 0 Å². The van der Waals surface area contributed by atoms with Crippen LogP contribution in [-0.4, -0.2) is 34.5 Å². The normalized spacial score (nSPS) is 11.0. The van der Waals surface area contributed by atoms with E-state index in [0.717, 1.165) is 6.07 Å². The molecular formula is C17H14F3N3O. The predicted molar refractivity (Wildman–Crippen MR) is 83.7 cm³/mol. The summed E-state index contributed by atoms with van der Waals surface area (Å²) >= 11 is 0. The molecule has 3 rings (SSSR count). The molecule has 24 heavy (non-hydrogen) atoms. The fourth-order valence-corrected chi connectivity index (χ4v) is 2.42. The lowest BCUT2D eigenvalue weighted by Crippen LogP contribution is -2.25. The van der Waals surface area contributed by atoms with Crippen LogP contribution in [0.3, 0.4) is 0 Å². The van der Waals surface area contributed by atoms with E-state index in [9.17, 15) is 18.0 Å². The lowest BCUT2D eigenvalue weighted by Gasteiger charge is -2.11. The van der Waals surface area contributed by atoms with Gasteiger partial charge in [-0.15, -0.1) is 0 Å². The van der Waals surface area contributed by atoms with E-state index in [2.05, 4.69) is 4.98 Å². The Bertz CT molecular complexity index is 914. The molecule has 0 spiro atoms. The third-order valence-electron chi connectivity index (χ3n) is 3.67. The molecule has 0 radical (unpaired) electrons. The summed E-state index contributed by atoms with van der Waals surface area (Å²) in [4.78, 5) is 17.3. The fourth-order valence-electron chi connectivity index (χ4n) is 2.42. The van der Waals surface area contributed by atoms with Crippen molar-refractivity contribution >= 4 is 16.9 Å². The van der Waals surface area contributed by atoms with Crippen LogP contribution in [-0.2, 0) is 11.3 Å². The highest BCUT2D eigenvalue weighted by atomic mass is 19.1. The highest BCUT2D eigenvalue weighted by Crippen LogP contribution is 2.26. The summed E-state index contributed by atoms with van der Waals surface area (Å²) in [5.41, 5.74) is 1.19. The molecule has 0 aliphatic carbocycles. The average Bonchev–Trinajstić information content (AvgIpc) is 2.82. The van der Waals surface area contributed by atoms with E-state index in [1.807, 2.05) is 0 Å². The molecule has 0 fully saturated rings. The zero-order chi connectivity index (χ0) is 17.4. The van der Waals surface area contributed by atoms with Crippen molar-refractivity contribution in [3.63, 3.8) is 0 Å². The van der Waals surface area contributed by atoms with Gasteiger partial charge in [0.2, 0.25) is 5.91 Å². The molecular weight excluding hydrogens is 319 g/mol. The number of pyridine rings is 1. The van der Waals surface area contributed by atoms with Crippen molar-refractivity contribution in [1.82, 2.24) is 14.5 Å². The number of carbonyl (C=O) groups excluding carboxylic acids is 1. The molecule has 0 aliphatic heterocycles. The molecule has 3 aromatic rings. The van der Waals surface area contributed by atoms with Crippen molar-refractivity contribution in [2.24, 2.45) is 0 Å². The van der Waals surface area contributed by atoms with Crippen LogP contribution in [0, 0.1) is 17.5 Å². The van der Waals surface area contributed by atoms with Crippen molar-refractivity contribution in [3.8, 4) is 11.1 Å². The van der Waals surface area contributed by atoms with Crippen LogP contribution in [0.1, 0.15) is 0 Å². The van der Waals surface area contributed by atoms with Gasteiger partial charge in [-0.05, 0) is 23.8 Å². The van der Waals surface area contributed by atoms with E-state index >= 15 is 0 Å². The first-order valence-electron chi connectivity index (χ1n) is 7.16. The van der Waals surface area contributed by atoms with Gasteiger partial charge in [0.25, 0.3) is 0 Å². The standard InChI is InChI=1S/C17H14F3N3O/c1-22(2)16(24)9-23-8-14(20)17-15(23)5-11(7-21-17)10-3-12(18)6-13(19)4-10/h3-8H,9H2,1-2H3. The van der Waals surface area contributed by atoms with Gasteiger partial charge < -0.3 is 9.47 Å². The van der Waals surface area contributed by atoms with E-state index in [-0.39, 0.29) is 23.5 Å². The lowest BCUT2D eigenvalue weighted by molar-refractivity contribution is -0.129. The minimum atomic E-state index is -0.713. The van der Waals surface area contributed by atoms with Crippen LogP contribution in [0.2, 0.25) is 0 Å². The largest absolute Gasteiger partial charge is 0.347 e. The molecule has 2 heterocycles. The van der Waals surface area contributed by atoms with Crippen LogP contribution < -0.4 is 0 Å². The fraction of sp³-hybridized carbons (Fsp3) is 0.176. The Hall–Kier alpha value is -2.83. The molecule has 0 aliphatic rings. The van der Waals surface area contributed by atoms with Crippen LogP contribution >= 0.6 is 0 Å². The van der Waals surface area contributed by atoms with Crippen LogP contribution in [0.4, 0.5) is 13.2 Å². The maximum absolute atomic E-state index is 14.0. The Balaban J connectivity index is 2.11. The minimum Gasteiger partial charge on any atom is -0.347 e. The molecule has 1 amide bonds. The van der Waals surface area contributed by atoms with E-state index in [1.165, 1.54) is 34.0 Å². The van der Waals surface area contributed by atoms with E-state index < -0.39 is 17.5 Å². The Morgan fingerprint density at radius 2 is 1.75 bits per heavy atom. The second-order valence-electron chi connectivity index (χ2n) is 5.64. The summed E-state index contributed by atoms with van der Waals surface area (Å²) in [5, 5.41) is 0. The number of hydrogen-bond donors (Lipinski definition) is 0. The van der Waals surface area contributed by atoms with Crippen LogP contribution in [0.25, 0.3) is 22.2 Å². The number of amides is 1. The summed E-state index contributed by atoms with van der Waals surface area (Å²) < 4.78 is 42.2. The first-order valence-corrected chi connectivity index (χ1v) is 7.16. The molecule has 0 atom stereocenters. The highest BCUT2D eigenvalue weighted by molar-refractivity contribution is 5.84. The number of benzene rings is 1. The third-order valence-corrected chi connectivity index (χ3v) is 3.67. The smallest absolute Gasteiger partial charge is 0.241 e. The van der Waals surface area contributed by atoms with Gasteiger partial charge in [-0.1, -0.05) is 0 Å². The van der Waals surface area contributed by atoms with Gasteiger partial charge in [0, 0.05) is 38.1 Å². The third kappa shape index (κ3) is 2.97. The summed E-state index contributed by atoms with van der Waals surface area (Å²) in [6, 6.07) is 4.66. The van der Waals surface area contributed by atoms with Gasteiger partial charge in [-0.25, -0.2) is 13.2 Å². The maximum Gasteiger partial charge on any atom is 0.241 e. The lowest BCUT2D eigenvalue weighted by atomic mass is 10.1. The number of fused-ring (bicyclic) bond motifs is 1. The van der Waals surface area contributed by atoms with Crippen molar-refractivity contribution in [1.29, 1.82) is 0 Å². The first-order chi connectivity index (χ1) is 11.3. The summed E-state index contributed by atoms with van der Waals surface area (Å²) in [6.45, 7) is -0.0595. The van der Waals surface area contributed by atoms with E-state index in [0.29, 0.717) is 11.1 Å². The number of halogens is 3. The SMILES string of the molecule is CN(C)C(=O)Cn1cc(F)c2ncc(-c3cc(F)cc(F)c3)cc21. The molecule has 7 heteroatoms. The molecule has 0 unspecified atom stereocenters. The van der Waals surface area contributed by atoms with Gasteiger partial charge in [0.1, 0.15) is 23.7 Å². The van der Waals surface area contributed by atoms with Gasteiger partial charge in [0.15, 0.2) is 5.82 Å². The summed E-state index contributed by atoms with van der Waals surface area (Å²) in [6.07, 6.45) is 2.53. The average molecular weight is 333 g/mol. The van der Waals surface area contributed by atoms with Crippen molar-refractivity contribution in [2.45, 2.75) is 6.54 Å². The van der Waals surface area contributed by atoms with Crippen molar-refractivity contribution in [2.75, 3.05) is 14.1 Å². The number of carbonyl (C=O) groups is 1. The van der Waals surface area contributed by atoms with E-state index in [1.54, 1.807) is 20.2 Å². The Morgan fingerprint density at radius 1 is 1.08 bits per heavy atom. The Morgan fingerprint density at radius 3 is 2.38 bits per heavy atom. The predicted octanol–water partition coefficient (Wildman–Crippen LogP) is 3.21. The number of rotatable bonds is 3. The van der Waals surface area contributed by atoms with Crippen molar-refractivity contribution in [3.05, 3.63) is 54.1 Å². The van der Waals surface area contributed by atoms with Gasteiger partial charge in [0.05, 0.1) is 5.52 Å². The second-order valence-corrected chi connectivity index (χ2v) is 5.64. The number of nitrogens with zero attached hydrogens (tertiary/aromatic N) is 3. The molecule has 0 bridgehead atoms. The Kier molecular flexibility index (Phi) is 4.01. The minimum absolute atomic E-state index is 0.0595. The Labute approximate surface area is 136 Å². The second kappa shape index (κ2) is 5.99. The zero-order valence-electron chi connectivity index (χ0n) is 13.1. The van der Waals surface area contributed by atoms with Crippen LogP contribution in [0.15, 0.2) is 36.7 Å². The van der Waals surface area contributed by atoms with Crippen molar-refractivity contribution < 1.29 is 18.0 Å². The molecule has 0 saturated heterocycles. The summed E-state index contributed by atoms with van der Waals surface area (Å²) in [7, 11) is 3.20. The zero-order valence-corrected chi connectivity index (χ0v) is 13.1. The molecule has 1 aromatic carbocycles. The van der Waals surface area contributed by atoms with Gasteiger partial charge >= 0.3 is 0 Å². The number of hydrogen-bond acceptors (Lipinski definition) is 2. The molecule has 2 aromatic heterocycles. The summed E-state index contributed by atoms with van der Waals surface area (Å²) in [5.74, 6) is -2.20. The van der Waals surface area contributed by atoms with Gasteiger partial charge in [-0.3, -0.25) is 9.78 Å². The highest BCUT2D eigenvalue weighted by Gasteiger charge is 2.15. The monoisotopic (exact) mass is 333 g/mol.